The molecule has 2 aromatic carbocycles. The van der Waals surface area contributed by atoms with Gasteiger partial charge in [0.2, 0.25) is 0 Å². The van der Waals surface area contributed by atoms with Gasteiger partial charge in [-0.15, -0.1) is 0 Å². The molecule has 0 unspecified atom stereocenters. The van der Waals surface area contributed by atoms with Crippen molar-refractivity contribution in [2.45, 2.75) is 19.5 Å². The van der Waals surface area contributed by atoms with Gasteiger partial charge in [-0.25, -0.2) is 4.39 Å². The molecular formula is C18H19ClFN3S. The Morgan fingerprint density at radius 2 is 2.00 bits per heavy atom. The van der Waals surface area contributed by atoms with Gasteiger partial charge in [-0.3, -0.25) is 0 Å². The normalized spacial score (nSPS) is 11.5. The van der Waals surface area contributed by atoms with Crippen LogP contribution in [0.15, 0.2) is 42.5 Å². The van der Waals surface area contributed by atoms with Crippen LogP contribution < -0.4 is 0 Å². The van der Waals surface area contributed by atoms with E-state index >= 15 is 0 Å². The number of imidazole rings is 1. The lowest BCUT2D eigenvalue weighted by atomic mass is 10.2. The van der Waals surface area contributed by atoms with Gasteiger partial charge in [-0.05, 0) is 43.9 Å². The van der Waals surface area contributed by atoms with Gasteiger partial charge in [0, 0.05) is 19.2 Å². The smallest absolute Gasteiger partial charge is 0.178 e. The molecule has 0 aliphatic heterocycles. The van der Waals surface area contributed by atoms with Crippen molar-refractivity contribution >= 4 is 34.9 Å². The summed E-state index contributed by atoms with van der Waals surface area (Å²) in [5, 5.41) is 0.117. The van der Waals surface area contributed by atoms with E-state index in [1.54, 1.807) is 6.07 Å². The van der Waals surface area contributed by atoms with Crippen molar-refractivity contribution in [2.75, 3.05) is 13.6 Å². The Kier molecular flexibility index (Phi) is 5.33. The zero-order valence-electron chi connectivity index (χ0n) is 13.4. The van der Waals surface area contributed by atoms with E-state index in [4.69, 9.17) is 23.8 Å². The van der Waals surface area contributed by atoms with Gasteiger partial charge >= 0.3 is 0 Å². The minimum atomic E-state index is -0.435. The van der Waals surface area contributed by atoms with Gasteiger partial charge in [-0.1, -0.05) is 41.9 Å². The molecule has 0 fully saturated rings. The zero-order valence-corrected chi connectivity index (χ0v) is 15.0. The number of aromatic amines is 1. The highest BCUT2D eigenvalue weighted by Crippen LogP contribution is 2.23. The SMILES string of the molecule is CN(CCCn1c(=S)[nH]c2cc(F)c(Cl)cc21)Cc1ccccc1. The molecular weight excluding hydrogens is 345 g/mol. The molecule has 0 saturated carbocycles. The third-order valence-corrected chi connectivity index (χ3v) is 4.65. The maximum absolute atomic E-state index is 13.6. The molecule has 1 aromatic heterocycles. The first-order valence-electron chi connectivity index (χ1n) is 7.84. The van der Waals surface area contributed by atoms with Crippen LogP contribution in [0, 0.1) is 10.6 Å². The Hall–Kier alpha value is -1.69. The van der Waals surface area contributed by atoms with E-state index in [0.29, 0.717) is 10.3 Å². The Morgan fingerprint density at radius 1 is 1.25 bits per heavy atom. The number of nitrogens with one attached hydrogen (secondary N) is 1. The predicted molar refractivity (Wildman–Crippen MR) is 99.5 cm³/mol. The summed E-state index contributed by atoms with van der Waals surface area (Å²) in [5.41, 5.74) is 2.82. The number of hydrogen-bond donors (Lipinski definition) is 1. The lowest BCUT2D eigenvalue weighted by Crippen LogP contribution is -2.20. The number of nitrogens with zero attached hydrogens (tertiary/aromatic N) is 2. The van der Waals surface area contributed by atoms with Gasteiger partial charge in [0.25, 0.3) is 0 Å². The van der Waals surface area contributed by atoms with Crippen molar-refractivity contribution in [1.29, 1.82) is 0 Å². The summed E-state index contributed by atoms with van der Waals surface area (Å²) >= 11 is 11.3. The Morgan fingerprint density at radius 3 is 2.75 bits per heavy atom. The minimum Gasteiger partial charge on any atom is -0.330 e. The monoisotopic (exact) mass is 363 g/mol. The van der Waals surface area contributed by atoms with Crippen molar-refractivity contribution in [3.05, 3.63) is 63.6 Å². The van der Waals surface area contributed by atoms with Gasteiger partial charge in [0.15, 0.2) is 4.77 Å². The molecule has 1 heterocycles. The van der Waals surface area contributed by atoms with Crippen LogP contribution in [0.2, 0.25) is 5.02 Å². The molecule has 6 heteroatoms. The molecule has 0 spiro atoms. The molecule has 0 aliphatic rings. The third kappa shape index (κ3) is 3.86. The second kappa shape index (κ2) is 7.47. The molecule has 0 aliphatic carbocycles. The number of aryl methyl sites for hydroxylation is 1. The predicted octanol–water partition coefficient (Wildman–Crippen LogP) is 5.01. The summed E-state index contributed by atoms with van der Waals surface area (Å²) in [6.45, 7) is 2.62. The van der Waals surface area contributed by atoms with Crippen LogP contribution in [0.25, 0.3) is 11.0 Å². The highest BCUT2D eigenvalue weighted by atomic mass is 35.5. The third-order valence-electron chi connectivity index (χ3n) is 4.03. The molecule has 24 heavy (non-hydrogen) atoms. The standard InChI is InChI=1S/C18H19ClFN3S/c1-22(12-13-6-3-2-4-7-13)8-5-9-23-17-10-14(19)15(20)11-16(17)21-18(23)24/h2-4,6-7,10-11H,5,8-9,12H2,1H3,(H,21,24). The maximum atomic E-state index is 13.6. The number of hydrogen-bond acceptors (Lipinski definition) is 2. The first kappa shape index (κ1) is 17.1. The van der Waals surface area contributed by atoms with Crippen LogP contribution in [0.3, 0.4) is 0 Å². The Balaban J connectivity index is 1.64. The number of benzene rings is 2. The topological polar surface area (TPSA) is 24.0 Å². The molecule has 0 radical (unpaired) electrons. The van der Waals surface area contributed by atoms with E-state index in [9.17, 15) is 4.39 Å². The maximum Gasteiger partial charge on any atom is 0.178 e. The van der Waals surface area contributed by atoms with E-state index in [0.717, 1.165) is 31.6 Å². The molecule has 3 nitrogen and oxygen atoms in total. The van der Waals surface area contributed by atoms with Crippen molar-refractivity contribution in [3.63, 3.8) is 0 Å². The van der Waals surface area contributed by atoms with Crippen molar-refractivity contribution in [3.8, 4) is 0 Å². The fraction of sp³-hybridized carbons (Fsp3) is 0.278. The lowest BCUT2D eigenvalue weighted by Gasteiger charge is -2.17. The van der Waals surface area contributed by atoms with Crippen molar-refractivity contribution in [2.24, 2.45) is 0 Å². The number of rotatable bonds is 6. The molecule has 0 atom stereocenters. The van der Waals surface area contributed by atoms with E-state index < -0.39 is 5.82 Å². The number of fused-ring (bicyclic) bond motifs is 1. The van der Waals surface area contributed by atoms with E-state index in [1.807, 2.05) is 10.6 Å². The average Bonchev–Trinajstić information content (AvgIpc) is 2.84. The average molecular weight is 364 g/mol. The van der Waals surface area contributed by atoms with Crippen molar-refractivity contribution in [1.82, 2.24) is 14.5 Å². The van der Waals surface area contributed by atoms with E-state index in [1.165, 1.54) is 11.6 Å². The molecule has 0 bridgehead atoms. The molecule has 0 amide bonds. The number of halogens is 2. The summed E-state index contributed by atoms with van der Waals surface area (Å²) in [6.07, 6.45) is 0.944. The quantitative estimate of drug-likeness (QED) is 0.622. The summed E-state index contributed by atoms with van der Waals surface area (Å²) in [6, 6.07) is 13.4. The van der Waals surface area contributed by atoms with Gasteiger partial charge in [0.1, 0.15) is 5.82 Å². The van der Waals surface area contributed by atoms with Crippen LogP contribution in [0.5, 0.6) is 0 Å². The van der Waals surface area contributed by atoms with Crippen LogP contribution in [-0.2, 0) is 13.1 Å². The van der Waals surface area contributed by atoms with E-state index in [2.05, 4.69) is 41.2 Å². The molecule has 0 saturated heterocycles. The number of aromatic nitrogens is 2. The highest BCUT2D eigenvalue weighted by Gasteiger charge is 2.09. The minimum absolute atomic E-state index is 0.117. The fourth-order valence-electron chi connectivity index (χ4n) is 2.85. The summed E-state index contributed by atoms with van der Waals surface area (Å²) < 4.78 is 16.1. The Labute approximate surface area is 150 Å². The first-order valence-corrected chi connectivity index (χ1v) is 8.63. The van der Waals surface area contributed by atoms with Crippen LogP contribution in [-0.4, -0.2) is 28.0 Å². The second-order valence-electron chi connectivity index (χ2n) is 5.94. The van der Waals surface area contributed by atoms with Gasteiger partial charge in [0.05, 0.1) is 16.1 Å². The van der Waals surface area contributed by atoms with Gasteiger partial charge in [-0.2, -0.15) is 0 Å². The van der Waals surface area contributed by atoms with E-state index in [-0.39, 0.29) is 5.02 Å². The molecule has 3 aromatic rings. The molecule has 3 rings (SSSR count). The summed E-state index contributed by atoms with van der Waals surface area (Å²) in [7, 11) is 2.10. The summed E-state index contributed by atoms with van der Waals surface area (Å²) in [5.74, 6) is -0.435. The molecule has 126 valence electrons. The zero-order chi connectivity index (χ0) is 17.1. The first-order chi connectivity index (χ1) is 11.5. The Bertz CT molecular complexity index is 888. The lowest BCUT2D eigenvalue weighted by molar-refractivity contribution is 0.314. The van der Waals surface area contributed by atoms with Gasteiger partial charge < -0.3 is 14.5 Å². The fourth-order valence-corrected chi connectivity index (χ4v) is 3.30. The largest absolute Gasteiger partial charge is 0.330 e. The summed E-state index contributed by atoms with van der Waals surface area (Å²) in [4.78, 5) is 5.32. The van der Waals surface area contributed by atoms with Crippen LogP contribution in [0.4, 0.5) is 4.39 Å². The number of H-pyrrole nitrogens is 1. The highest BCUT2D eigenvalue weighted by molar-refractivity contribution is 7.71. The van der Waals surface area contributed by atoms with Crippen LogP contribution >= 0.6 is 23.8 Å². The second-order valence-corrected chi connectivity index (χ2v) is 6.74. The van der Waals surface area contributed by atoms with Crippen molar-refractivity contribution < 1.29 is 4.39 Å². The molecule has 1 N–H and O–H groups in total. The van der Waals surface area contributed by atoms with Crippen LogP contribution in [0.1, 0.15) is 12.0 Å².